The number of nitrogens with one attached hydrogen (secondary N) is 1. The molecule has 2 heterocycles. The normalized spacial score (nSPS) is 10.1. The molecular weight excluding hydrogens is 228 g/mol. The first-order valence-corrected chi connectivity index (χ1v) is 5.71. The van der Waals surface area contributed by atoms with Gasteiger partial charge in [0.1, 0.15) is 11.8 Å². The molecule has 6 heteroatoms. The fourth-order valence-electron chi connectivity index (χ4n) is 1.71. The molecule has 0 radical (unpaired) electrons. The van der Waals surface area contributed by atoms with Crippen LogP contribution in [0.1, 0.15) is 23.9 Å². The van der Waals surface area contributed by atoms with Crippen molar-refractivity contribution in [2.24, 2.45) is 7.05 Å². The monoisotopic (exact) mass is 242 g/mol. The highest BCUT2D eigenvalue weighted by molar-refractivity contribution is 5.32. The summed E-state index contributed by atoms with van der Waals surface area (Å²) >= 11 is 0. The third kappa shape index (κ3) is 2.63. The van der Waals surface area contributed by atoms with E-state index in [1.807, 2.05) is 19.3 Å². The first-order valence-electron chi connectivity index (χ1n) is 5.71. The lowest BCUT2D eigenvalue weighted by Gasteiger charge is -2.03. The maximum absolute atomic E-state index is 8.75. The number of aromatic nitrogens is 4. The molecule has 18 heavy (non-hydrogen) atoms. The molecule has 6 nitrogen and oxygen atoms in total. The fourth-order valence-corrected chi connectivity index (χ4v) is 1.71. The number of nitriles is 1. The Morgan fingerprint density at radius 2 is 2.33 bits per heavy atom. The summed E-state index contributed by atoms with van der Waals surface area (Å²) in [5.74, 6) is 0.458. The van der Waals surface area contributed by atoms with Crippen molar-refractivity contribution in [2.75, 3.05) is 5.32 Å². The number of nitrogens with zero attached hydrogens (tertiary/aromatic N) is 5. The summed E-state index contributed by atoms with van der Waals surface area (Å²) < 4.78 is 1.79. The lowest BCUT2D eigenvalue weighted by atomic mass is 10.2. The Morgan fingerprint density at radius 3 is 3.06 bits per heavy atom. The Bertz CT molecular complexity index is 580. The maximum atomic E-state index is 8.75. The van der Waals surface area contributed by atoms with Crippen molar-refractivity contribution in [2.45, 2.75) is 19.9 Å². The molecular formula is C12H14N6. The Balaban J connectivity index is 2.09. The highest BCUT2D eigenvalue weighted by atomic mass is 15.3. The van der Waals surface area contributed by atoms with Crippen LogP contribution in [-0.2, 0) is 20.0 Å². The van der Waals surface area contributed by atoms with E-state index in [0.717, 1.165) is 17.7 Å². The van der Waals surface area contributed by atoms with Crippen LogP contribution in [0.4, 0.5) is 5.95 Å². The van der Waals surface area contributed by atoms with Gasteiger partial charge in [-0.15, -0.1) is 0 Å². The molecule has 0 fully saturated rings. The van der Waals surface area contributed by atoms with Gasteiger partial charge in [0.2, 0.25) is 5.95 Å². The van der Waals surface area contributed by atoms with Crippen molar-refractivity contribution >= 4 is 5.95 Å². The second kappa shape index (κ2) is 5.27. The van der Waals surface area contributed by atoms with Gasteiger partial charge in [-0.1, -0.05) is 6.92 Å². The van der Waals surface area contributed by atoms with Gasteiger partial charge in [0.25, 0.3) is 0 Å². The van der Waals surface area contributed by atoms with Crippen molar-refractivity contribution < 1.29 is 0 Å². The molecule has 0 atom stereocenters. The van der Waals surface area contributed by atoms with Gasteiger partial charge in [-0.25, -0.2) is 9.97 Å². The fraction of sp³-hybridized carbons (Fsp3) is 0.333. The largest absolute Gasteiger partial charge is 0.350 e. The van der Waals surface area contributed by atoms with Gasteiger partial charge in [-0.2, -0.15) is 10.4 Å². The smallest absolute Gasteiger partial charge is 0.224 e. The summed E-state index contributed by atoms with van der Waals surface area (Å²) in [6.45, 7) is 2.67. The van der Waals surface area contributed by atoms with Crippen LogP contribution in [0.15, 0.2) is 18.5 Å². The topological polar surface area (TPSA) is 79.4 Å². The number of rotatable bonds is 4. The predicted molar refractivity (Wildman–Crippen MR) is 66.7 cm³/mol. The van der Waals surface area contributed by atoms with Gasteiger partial charge >= 0.3 is 0 Å². The van der Waals surface area contributed by atoms with Crippen LogP contribution in [-0.4, -0.2) is 19.7 Å². The quantitative estimate of drug-likeness (QED) is 0.873. The number of anilines is 1. The summed E-state index contributed by atoms with van der Waals surface area (Å²) in [5, 5.41) is 16.2. The van der Waals surface area contributed by atoms with E-state index in [9.17, 15) is 0 Å². The lowest BCUT2D eigenvalue weighted by molar-refractivity contribution is 0.746. The number of hydrogen-bond donors (Lipinski definition) is 1. The minimum absolute atomic E-state index is 0.356. The molecule has 0 aliphatic rings. The first-order chi connectivity index (χ1) is 8.72. The van der Waals surface area contributed by atoms with Crippen molar-refractivity contribution in [3.63, 3.8) is 0 Å². The van der Waals surface area contributed by atoms with Crippen LogP contribution < -0.4 is 5.32 Å². The zero-order valence-corrected chi connectivity index (χ0v) is 10.4. The van der Waals surface area contributed by atoms with Gasteiger partial charge < -0.3 is 5.32 Å². The molecule has 92 valence electrons. The van der Waals surface area contributed by atoms with Crippen molar-refractivity contribution in [1.29, 1.82) is 5.26 Å². The van der Waals surface area contributed by atoms with E-state index in [1.54, 1.807) is 16.9 Å². The molecule has 0 saturated carbocycles. The van der Waals surface area contributed by atoms with Gasteiger partial charge in [-0.05, 0) is 12.5 Å². The zero-order chi connectivity index (χ0) is 13.0. The minimum atomic E-state index is 0.356. The average Bonchev–Trinajstić information content (AvgIpc) is 2.77. The van der Waals surface area contributed by atoms with Gasteiger partial charge in [0, 0.05) is 31.5 Å². The van der Waals surface area contributed by atoms with E-state index in [4.69, 9.17) is 5.26 Å². The number of aryl methyl sites for hydroxylation is 2. The van der Waals surface area contributed by atoms with Crippen LogP contribution in [0.25, 0.3) is 0 Å². The Labute approximate surface area is 105 Å². The van der Waals surface area contributed by atoms with Crippen LogP contribution in [0, 0.1) is 11.3 Å². The zero-order valence-electron chi connectivity index (χ0n) is 10.4. The van der Waals surface area contributed by atoms with Gasteiger partial charge in [0.05, 0.1) is 5.69 Å². The van der Waals surface area contributed by atoms with Crippen molar-refractivity contribution in [3.05, 3.63) is 35.4 Å². The van der Waals surface area contributed by atoms with E-state index < -0.39 is 0 Å². The van der Waals surface area contributed by atoms with Crippen molar-refractivity contribution in [1.82, 2.24) is 19.7 Å². The molecule has 0 amide bonds. The van der Waals surface area contributed by atoms with Crippen LogP contribution in [0.3, 0.4) is 0 Å². The standard InChI is InChI=1S/C12H14N6/c1-3-11-9(8-18(2)17-11)7-15-12-14-5-4-10(6-13)16-12/h4-5,8H,3,7H2,1-2H3,(H,14,15,16). The summed E-state index contributed by atoms with van der Waals surface area (Å²) in [4.78, 5) is 8.12. The third-order valence-corrected chi connectivity index (χ3v) is 2.53. The summed E-state index contributed by atoms with van der Waals surface area (Å²) in [6.07, 6.45) is 4.43. The average molecular weight is 242 g/mol. The molecule has 0 bridgehead atoms. The second-order valence-corrected chi connectivity index (χ2v) is 3.86. The highest BCUT2D eigenvalue weighted by Gasteiger charge is 2.06. The molecule has 0 spiro atoms. The molecule has 0 aromatic carbocycles. The first kappa shape index (κ1) is 12.0. The minimum Gasteiger partial charge on any atom is -0.350 e. The predicted octanol–water partition coefficient (Wildman–Crippen LogP) is 1.26. The SMILES string of the molecule is CCc1nn(C)cc1CNc1nccc(C#N)n1. The molecule has 1 N–H and O–H groups in total. The summed E-state index contributed by atoms with van der Waals surface area (Å²) in [5.41, 5.74) is 2.53. The Kier molecular flexibility index (Phi) is 3.53. The highest BCUT2D eigenvalue weighted by Crippen LogP contribution is 2.09. The second-order valence-electron chi connectivity index (χ2n) is 3.86. The molecule has 2 aromatic rings. The van der Waals surface area contributed by atoms with E-state index in [2.05, 4.69) is 27.3 Å². The molecule has 0 aliphatic carbocycles. The van der Waals surface area contributed by atoms with Crippen molar-refractivity contribution in [3.8, 4) is 6.07 Å². The third-order valence-electron chi connectivity index (χ3n) is 2.53. The van der Waals surface area contributed by atoms with Gasteiger partial charge in [0.15, 0.2) is 0 Å². The van der Waals surface area contributed by atoms with E-state index in [0.29, 0.717) is 18.2 Å². The number of hydrogen-bond acceptors (Lipinski definition) is 5. The Morgan fingerprint density at radius 1 is 1.50 bits per heavy atom. The molecule has 0 unspecified atom stereocenters. The van der Waals surface area contributed by atoms with Crippen LogP contribution in [0.5, 0.6) is 0 Å². The molecule has 0 saturated heterocycles. The Hall–Kier alpha value is -2.42. The van der Waals surface area contributed by atoms with E-state index in [-0.39, 0.29) is 0 Å². The summed E-state index contributed by atoms with van der Waals surface area (Å²) in [6, 6.07) is 3.56. The van der Waals surface area contributed by atoms with Gasteiger partial charge in [-0.3, -0.25) is 4.68 Å². The molecule has 2 rings (SSSR count). The summed E-state index contributed by atoms with van der Waals surface area (Å²) in [7, 11) is 1.90. The lowest BCUT2D eigenvalue weighted by Crippen LogP contribution is -2.05. The van der Waals surface area contributed by atoms with E-state index in [1.165, 1.54) is 0 Å². The van der Waals surface area contributed by atoms with Crippen LogP contribution in [0.2, 0.25) is 0 Å². The van der Waals surface area contributed by atoms with Crippen LogP contribution >= 0.6 is 0 Å². The maximum Gasteiger partial charge on any atom is 0.224 e. The molecule has 2 aromatic heterocycles. The van der Waals surface area contributed by atoms with E-state index >= 15 is 0 Å². The molecule has 0 aliphatic heterocycles.